The monoisotopic (exact) mass is 556 g/mol. The fourth-order valence-electron chi connectivity index (χ4n) is 3.47. The molecule has 7 nitrogen and oxygen atoms in total. The second kappa shape index (κ2) is 12.2. The van der Waals surface area contributed by atoms with E-state index in [1.165, 1.54) is 0 Å². The summed E-state index contributed by atoms with van der Waals surface area (Å²) in [5.74, 6) is -0.0501. The van der Waals surface area contributed by atoms with Crippen LogP contribution in [0.15, 0.2) is 71.6 Å². The number of hydrogen-bond donors (Lipinski definition) is 1. The summed E-state index contributed by atoms with van der Waals surface area (Å²) in [5, 5.41) is 3.17. The summed E-state index contributed by atoms with van der Waals surface area (Å²) in [5.41, 5.74) is 1.95. The van der Waals surface area contributed by atoms with E-state index in [0.717, 1.165) is 22.2 Å². The lowest BCUT2D eigenvalue weighted by molar-refractivity contribution is -0.127. The number of benzene rings is 3. The van der Waals surface area contributed by atoms with E-state index in [0.29, 0.717) is 39.4 Å². The topological polar surface area (TPSA) is 84.9 Å². The summed E-state index contributed by atoms with van der Waals surface area (Å²) >= 11 is 12.9. The van der Waals surface area contributed by atoms with Gasteiger partial charge < -0.3 is 14.8 Å². The van der Waals surface area contributed by atoms with Crippen LogP contribution in [0, 0.1) is 0 Å². The van der Waals surface area contributed by atoms with E-state index < -0.39 is 23.6 Å². The Kier molecular flexibility index (Phi) is 8.76. The summed E-state index contributed by atoms with van der Waals surface area (Å²) in [7, 11) is 0. The van der Waals surface area contributed by atoms with Gasteiger partial charge in [-0.25, -0.2) is 0 Å². The molecule has 0 spiro atoms. The van der Waals surface area contributed by atoms with Crippen LogP contribution in [-0.4, -0.2) is 35.1 Å². The van der Waals surface area contributed by atoms with Gasteiger partial charge in [0, 0.05) is 21.3 Å². The molecular formula is C27H22Cl2N2O5S. The second-order valence-corrected chi connectivity index (χ2v) is 9.68. The van der Waals surface area contributed by atoms with Crippen LogP contribution >= 0.6 is 35.0 Å². The summed E-state index contributed by atoms with van der Waals surface area (Å²) in [6.45, 7) is 2.11. The van der Waals surface area contributed by atoms with Crippen molar-refractivity contribution < 1.29 is 23.9 Å². The van der Waals surface area contributed by atoms with Gasteiger partial charge in [-0.05, 0) is 66.7 Å². The maximum absolute atomic E-state index is 12.9. The molecule has 10 heteroatoms. The van der Waals surface area contributed by atoms with Gasteiger partial charge in [-0.15, -0.1) is 0 Å². The van der Waals surface area contributed by atoms with E-state index in [1.807, 2.05) is 25.1 Å². The maximum atomic E-state index is 12.9. The molecule has 0 aliphatic carbocycles. The number of nitrogens with one attached hydrogen (secondary N) is 1. The van der Waals surface area contributed by atoms with Gasteiger partial charge >= 0.3 is 0 Å². The molecule has 190 valence electrons. The van der Waals surface area contributed by atoms with Gasteiger partial charge in [-0.2, -0.15) is 0 Å². The lowest BCUT2D eigenvalue weighted by Gasteiger charge is -2.13. The molecule has 1 fully saturated rings. The quantitative estimate of drug-likeness (QED) is 0.297. The fourth-order valence-corrected chi connectivity index (χ4v) is 4.69. The van der Waals surface area contributed by atoms with Gasteiger partial charge in [-0.3, -0.25) is 19.3 Å². The van der Waals surface area contributed by atoms with Crippen LogP contribution < -0.4 is 14.8 Å². The van der Waals surface area contributed by atoms with Gasteiger partial charge in [0.2, 0.25) is 5.91 Å². The Morgan fingerprint density at radius 3 is 2.57 bits per heavy atom. The number of carbonyl (C=O) groups excluding carboxylic acids is 3. The average Bonchev–Trinajstić information content (AvgIpc) is 3.12. The molecule has 1 aliphatic heterocycles. The first kappa shape index (κ1) is 26.6. The molecular weight excluding hydrogens is 535 g/mol. The number of carbonyl (C=O) groups is 3. The Balaban J connectivity index is 1.45. The van der Waals surface area contributed by atoms with Gasteiger partial charge in [0.15, 0.2) is 11.5 Å². The molecule has 0 radical (unpaired) electrons. The molecule has 0 saturated carbocycles. The van der Waals surface area contributed by atoms with Gasteiger partial charge in [0.25, 0.3) is 11.1 Å². The van der Waals surface area contributed by atoms with E-state index in [4.69, 9.17) is 32.7 Å². The standard InChI is InChI=1S/C27H22Cl2N2O5S/c1-2-35-23-12-17(10-11-22(23)36-16-18-6-3-4-9-21(18)29)13-24-26(33)31(27(34)37-24)15-25(32)30-20-8-5-7-19(28)14-20/h3-14H,2,15-16H2,1H3,(H,30,32)/b24-13+. The Hall–Kier alpha value is -3.46. The minimum absolute atomic E-state index is 0.202. The Bertz CT molecular complexity index is 1380. The third-order valence-electron chi connectivity index (χ3n) is 5.19. The second-order valence-electron chi connectivity index (χ2n) is 7.85. The molecule has 0 unspecified atom stereocenters. The van der Waals surface area contributed by atoms with E-state index in [2.05, 4.69) is 5.32 Å². The van der Waals surface area contributed by atoms with Gasteiger partial charge in [-0.1, -0.05) is 53.5 Å². The van der Waals surface area contributed by atoms with E-state index in [1.54, 1.807) is 54.6 Å². The Labute approximate surface area is 228 Å². The van der Waals surface area contributed by atoms with Crippen LogP contribution in [0.5, 0.6) is 11.5 Å². The van der Waals surface area contributed by atoms with Crippen molar-refractivity contribution >= 4 is 63.8 Å². The van der Waals surface area contributed by atoms with Crippen LogP contribution in [0.4, 0.5) is 10.5 Å². The zero-order valence-electron chi connectivity index (χ0n) is 19.7. The fraction of sp³-hybridized carbons (Fsp3) is 0.148. The zero-order chi connectivity index (χ0) is 26.4. The van der Waals surface area contributed by atoms with Crippen molar-refractivity contribution in [1.29, 1.82) is 0 Å². The summed E-state index contributed by atoms with van der Waals surface area (Å²) < 4.78 is 11.6. The number of imide groups is 1. The molecule has 0 bridgehead atoms. The first-order chi connectivity index (χ1) is 17.8. The first-order valence-corrected chi connectivity index (χ1v) is 12.8. The minimum atomic E-state index is -0.548. The number of amides is 3. The molecule has 3 amide bonds. The number of rotatable bonds is 9. The normalized spacial score (nSPS) is 14.2. The molecule has 0 aromatic heterocycles. The van der Waals surface area contributed by atoms with Crippen molar-refractivity contribution in [1.82, 2.24) is 4.90 Å². The smallest absolute Gasteiger partial charge is 0.294 e. The van der Waals surface area contributed by atoms with Gasteiger partial charge in [0.1, 0.15) is 13.2 Å². The van der Waals surface area contributed by atoms with Crippen LogP contribution in [0.1, 0.15) is 18.1 Å². The Morgan fingerprint density at radius 2 is 1.81 bits per heavy atom. The number of thioether (sulfide) groups is 1. The zero-order valence-corrected chi connectivity index (χ0v) is 22.0. The molecule has 1 heterocycles. The lowest BCUT2D eigenvalue weighted by atomic mass is 10.1. The van der Waals surface area contributed by atoms with E-state index in [9.17, 15) is 14.4 Å². The van der Waals surface area contributed by atoms with Crippen LogP contribution in [0.25, 0.3) is 6.08 Å². The molecule has 1 saturated heterocycles. The van der Waals surface area contributed by atoms with Crippen molar-refractivity contribution in [3.8, 4) is 11.5 Å². The number of nitrogens with zero attached hydrogens (tertiary/aromatic N) is 1. The maximum Gasteiger partial charge on any atom is 0.294 e. The number of anilines is 1. The summed E-state index contributed by atoms with van der Waals surface area (Å²) in [4.78, 5) is 38.9. The summed E-state index contributed by atoms with van der Waals surface area (Å²) in [6, 6.07) is 19.2. The van der Waals surface area contributed by atoms with Crippen molar-refractivity contribution in [2.75, 3.05) is 18.5 Å². The largest absolute Gasteiger partial charge is 0.490 e. The predicted molar refractivity (Wildman–Crippen MR) is 146 cm³/mol. The molecule has 4 rings (SSSR count). The van der Waals surface area contributed by atoms with E-state index in [-0.39, 0.29) is 11.5 Å². The van der Waals surface area contributed by atoms with Gasteiger partial charge in [0.05, 0.1) is 11.5 Å². The highest BCUT2D eigenvalue weighted by molar-refractivity contribution is 8.18. The van der Waals surface area contributed by atoms with Crippen LogP contribution in [0.2, 0.25) is 10.0 Å². The lowest BCUT2D eigenvalue weighted by Crippen LogP contribution is -2.36. The number of ether oxygens (including phenoxy) is 2. The molecule has 3 aromatic rings. The minimum Gasteiger partial charge on any atom is -0.490 e. The van der Waals surface area contributed by atoms with E-state index >= 15 is 0 Å². The highest BCUT2D eigenvalue weighted by Crippen LogP contribution is 2.35. The summed E-state index contributed by atoms with van der Waals surface area (Å²) in [6.07, 6.45) is 1.58. The van der Waals surface area contributed by atoms with Crippen LogP contribution in [-0.2, 0) is 16.2 Å². The Morgan fingerprint density at radius 1 is 1.00 bits per heavy atom. The highest BCUT2D eigenvalue weighted by atomic mass is 35.5. The molecule has 37 heavy (non-hydrogen) atoms. The number of hydrogen-bond acceptors (Lipinski definition) is 6. The van der Waals surface area contributed by atoms with Crippen LogP contribution in [0.3, 0.4) is 0 Å². The van der Waals surface area contributed by atoms with Crippen molar-refractivity contribution in [2.45, 2.75) is 13.5 Å². The third-order valence-corrected chi connectivity index (χ3v) is 6.70. The number of halogens is 2. The average molecular weight is 557 g/mol. The van der Waals surface area contributed by atoms with Crippen molar-refractivity contribution in [3.63, 3.8) is 0 Å². The molecule has 1 N–H and O–H groups in total. The third kappa shape index (κ3) is 6.85. The van der Waals surface area contributed by atoms with Crippen molar-refractivity contribution in [2.24, 2.45) is 0 Å². The highest BCUT2D eigenvalue weighted by Gasteiger charge is 2.36. The molecule has 0 atom stereocenters. The molecule has 1 aliphatic rings. The predicted octanol–water partition coefficient (Wildman–Crippen LogP) is 6.65. The first-order valence-electron chi connectivity index (χ1n) is 11.3. The van der Waals surface area contributed by atoms with Crippen molar-refractivity contribution in [3.05, 3.63) is 92.8 Å². The molecule has 3 aromatic carbocycles. The SMILES string of the molecule is CCOc1cc(/C=C2/SC(=O)N(CC(=O)Nc3cccc(Cl)c3)C2=O)ccc1OCc1ccccc1Cl.